The van der Waals surface area contributed by atoms with Crippen LogP contribution in [0.25, 0.3) is 0 Å². The molecule has 0 amide bonds. The molecular weight excluding hydrogens is 272 g/mol. The van der Waals surface area contributed by atoms with E-state index in [2.05, 4.69) is 33.0 Å². The molecule has 0 bridgehead atoms. The zero-order chi connectivity index (χ0) is 16.0. The number of nitrogens with zero attached hydrogens (tertiary/aromatic N) is 1. The van der Waals surface area contributed by atoms with E-state index >= 15 is 0 Å². The maximum absolute atomic E-state index is 11.2. The monoisotopic (exact) mass is 292 g/mol. The number of anilines is 1. The first kappa shape index (κ1) is 15.3. The van der Waals surface area contributed by atoms with Crippen LogP contribution in [0.5, 0.6) is 0 Å². The van der Waals surface area contributed by atoms with Gasteiger partial charge in [-0.2, -0.15) is 0 Å². The van der Waals surface area contributed by atoms with Crippen molar-refractivity contribution in [1.29, 1.82) is 0 Å². The van der Waals surface area contributed by atoms with E-state index in [0.29, 0.717) is 18.2 Å². The molecule has 0 saturated heterocycles. The van der Waals surface area contributed by atoms with Crippen LogP contribution in [0, 0.1) is 26.9 Å². The molecule has 2 N–H and O–H groups in total. The summed E-state index contributed by atoms with van der Waals surface area (Å²) in [5.41, 5.74) is 0.581. The van der Waals surface area contributed by atoms with E-state index in [9.17, 15) is 20.0 Å². The van der Waals surface area contributed by atoms with Crippen molar-refractivity contribution in [1.82, 2.24) is 0 Å². The summed E-state index contributed by atoms with van der Waals surface area (Å²) in [6, 6.07) is 3.76. The van der Waals surface area contributed by atoms with Crippen LogP contribution < -0.4 is 5.32 Å². The number of carboxylic acids is 1. The Labute approximate surface area is 123 Å². The molecule has 0 spiro atoms. The summed E-state index contributed by atoms with van der Waals surface area (Å²) in [6.07, 6.45) is 0. The van der Waals surface area contributed by atoms with Gasteiger partial charge in [0.2, 0.25) is 0 Å². The van der Waals surface area contributed by atoms with Crippen molar-refractivity contribution in [3.63, 3.8) is 0 Å². The largest absolute Gasteiger partial charge is 0.478 e. The molecule has 6 nitrogen and oxygen atoms in total. The molecule has 0 aliphatic heterocycles. The number of hydrogen-bond donors (Lipinski definition) is 2. The van der Waals surface area contributed by atoms with Gasteiger partial charge in [0.25, 0.3) is 5.69 Å². The Hall–Kier alpha value is -2.11. The number of nitro groups is 1. The molecule has 1 aromatic rings. The number of non-ortho nitro benzene ring substituents is 1. The summed E-state index contributed by atoms with van der Waals surface area (Å²) in [5, 5.41) is 23.1. The van der Waals surface area contributed by atoms with Gasteiger partial charge in [0.1, 0.15) is 0 Å². The zero-order valence-electron chi connectivity index (χ0n) is 12.6. The maximum atomic E-state index is 11.2. The van der Waals surface area contributed by atoms with Gasteiger partial charge in [-0.15, -0.1) is 0 Å². The van der Waals surface area contributed by atoms with Crippen molar-refractivity contribution < 1.29 is 14.8 Å². The second kappa shape index (κ2) is 4.72. The van der Waals surface area contributed by atoms with Crippen molar-refractivity contribution in [2.45, 2.75) is 27.7 Å². The molecule has 0 radical (unpaired) electrons. The molecule has 2 rings (SSSR count). The van der Waals surface area contributed by atoms with Crippen LogP contribution in [0.2, 0.25) is 0 Å². The van der Waals surface area contributed by atoms with Crippen LogP contribution >= 0.6 is 0 Å². The van der Waals surface area contributed by atoms with E-state index in [1.807, 2.05) is 0 Å². The fourth-order valence-corrected chi connectivity index (χ4v) is 3.03. The van der Waals surface area contributed by atoms with Crippen molar-refractivity contribution >= 4 is 17.3 Å². The van der Waals surface area contributed by atoms with Gasteiger partial charge < -0.3 is 10.4 Å². The maximum Gasteiger partial charge on any atom is 0.337 e. The minimum atomic E-state index is -1.10. The third-order valence-electron chi connectivity index (χ3n) is 5.26. The van der Waals surface area contributed by atoms with Gasteiger partial charge in [-0.05, 0) is 22.8 Å². The lowest BCUT2D eigenvalue weighted by Crippen LogP contribution is -2.12. The van der Waals surface area contributed by atoms with Crippen molar-refractivity contribution in [2.24, 2.45) is 16.7 Å². The molecule has 1 aliphatic rings. The molecule has 0 aromatic heterocycles. The summed E-state index contributed by atoms with van der Waals surface area (Å²) in [4.78, 5) is 21.5. The second-order valence-electron chi connectivity index (χ2n) is 6.67. The van der Waals surface area contributed by atoms with Gasteiger partial charge >= 0.3 is 5.97 Å². The van der Waals surface area contributed by atoms with Gasteiger partial charge in [0.05, 0.1) is 16.2 Å². The summed E-state index contributed by atoms with van der Waals surface area (Å²) < 4.78 is 0. The number of rotatable bonds is 5. The van der Waals surface area contributed by atoms with E-state index in [1.165, 1.54) is 18.2 Å². The minimum Gasteiger partial charge on any atom is -0.478 e. The molecule has 1 aliphatic carbocycles. The highest BCUT2D eigenvalue weighted by atomic mass is 16.6. The van der Waals surface area contributed by atoms with Crippen molar-refractivity contribution in [2.75, 3.05) is 11.9 Å². The van der Waals surface area contributed by atoms with Gasteiger partial charge in [-0.1, -0.05) is 27.7 Å². The Morgan fingerprint density at radius 1 is 1.33 bits per heavy atom. The number of hydrogen-bond acceptors (Lipinski definition) is 4. The normalized spacial score (nSPS) is 19.0. The summed E-state index contributed by atoms with van der Waals surface area (Å²) in [6.45, 7) is 9.28. The molecule has 0 unspecified atom stereocenters. The molecule has 1 saturated carbocycles. The Morgan fingerprint density at radius 2 is 1.90 bits per heavy atom. The Bertz CT molecular complexity index is 594. The average molecular weight is 292 g/mol. The van der Waals surface area contributed by atoms with Crippen LogP contribution in [0.15, 0.2) is 18.2 Å². The molecule has 1 aromatic carbocycles. The Balaban J connectivity index is 2.21. The summed E-state index contributed by atoms with van der Waals surface area (Å²) in [7, 11) is 0. The first-order valence-electron chi connectivity index (χ1n) is 6.84. The Morgan fingerprint density at radius 3 is 2.33 bits per heavy atom. The standard InChI is InChI=1S/C15H20N2O4/c1-14(2)12(15(14,3)4)8-16-11-7-9(17(20)21)5-6-10(11)13(18)19/h5-7,12,16H,8H2,1-4H3,(H,18,19). The minimum absolute atomic E-state index is 0.0527. The van der Waals surface area contributed by atoms with E-state index in [-0.39, 0.29) is 22.1 Å². The van der Waals surface area contributed by atoms with E-state index in [0.717, 1.165) is 0 Å². The molecular formula is C15H20N2O4. The summed E-state index contributed by atoms with van der Waals surface area (Å²) >= 11 is 0. The van der Waals surface area contributed by atoms with Crippen molar-refractivity contribution in [3.8, 4) is 0 Å². The highest BCUT2D eigenvalue weighted by Crippen LogP contribution is 2.68. The smallest absolute Gasteiger partial charge is 0.337 e. The lowest BCUT2D eigenvalue weighted by Gasteiger charge is -2.10. The van der Waals surface area contributed by atoms with Crippen LogP contribution in [0.1, 0.15) is 38.1 Å². The van der Waals surface area contributed by atoms with Gasteiger partial charge in [0, 0.05) is 18.7 Å². The Kier molecular flexibility index (Phi) is 3.43. The molecule has 0 heterocycles. The van der Waals surface area contributed by atoms with Crippen LogP contribution in [0.3, 0.4) is 0 Å². The SMILES string of the molecule is CC1(C)C(CNc2cc([N+](=O)[O-])ccc2C(=O)O)C1(C)C. The lowest BCUT2D eigenvalue weighted by molar-refractivity contribution is -0.384. The van der Waals surface area contributed by atoms with E-state index < -0.39 is 10.9 Å². The third kappa shape index (κ3) is 2.46. The topological polar surface area (TPSA) is 92.5 Å². The highest BCUT2D eigenvalue weighted by Gasteiger charge is 2.64. The predicted octanol–water partition coefficient (Wildman–Crippen LogP) is 3.39. The molecule has 1 fully saturated rings. The average Bonchev–Trinajstić information content (AvgIpc) is 2.76. The number of carbonyl (C=O) groups is 1. The number of benzene rings is 1. The molecule has 114 valence electrons. The van der Waals surface area contributed by atoms with Crippen LogP contribution in [0.4, 0.5) is 11.4 Å². The number of nitro benzene ring substituents is 1. The quantitative estimate of drug-likeness (QED) is 0.641. The fourth-order valence-electron chi connectivity index (χ4n) is 3.03. The first-order valence-corrected chi connectivity index (χ1v) is 6.84. The van der Waals surface area contributed by atoms with Gasteiger partial charge in [0.15, 0.2) is 0 Å². The van der Waals surface area contributed by atoms with Gasteiger partial charge in [-0.25, -0.2) is 4.79 Å². The predicted molar refractivity (Wildman–Crippen MR) is 79.6 cm³/mol. The molecule has 21 heavy (non-hydrogen) atoms. The van der Waals surface area contributed by atoms with E-state index in [4.69, 9.17) is 0 Å². The van der Waals surface area contributed by atoms with Gasteiger partial charge in [-0.3, -0.25) is 10.1 Å². The molecule has 0 atom stereocenters. The zero-order valence-corrected chi connectivity index (χ0v) is 12.6. The lowest BCUT2D eigenvalue weighted by atomic mass is 10.0. The third-order valence-corrected chi connectivity index (χ3v) is 5.26. The van der Waals surface area contributed by atoms with Crippen LogP contribution in [-0.2, 0) is 0 Å². The number of aromatic carboxylic acids is 1. The first-order chi connectivity index (χ1) is 9.59. The number of nitrogens with one attached hydrogen (secondary N) is 1. The summed E-state index contributed by atoms with van der Waals surface area (Å²) in [5.74, 6) is -0.701. The highest BCUT2D eigenvalue weighted by molar-refractivity contribution is 5.94. The second-order valence-corrected chi connectivity index (χ2v) is 6.67. The fraction of sp³-hybridized carbons (Fsp3) is 0.533. The van der Waals surface area contributed by atoms with E-state index in [1.54, 1.807) is 0 Å². The molecule has 6 heteroatoms. The van der Waals surface area contributed by atoms with Crippen molar-refractivity contribution in [3.05, 3.63) is 33.9 Å². The number of carboxylic acid groups (broad SMARTS) is 1. The van der Waals surface area contributed by atoms with Crippen LogP contribution in [-0.4, -0.2) is 22.5 Å².